The molecule has 0 atom stereocenters. The smallest absolute Gasteiger partial charge is 0.276 e. The van der Waals surface area contributed by atoms with Gasteiger partial charge in [0, 0.05) is 12.1 Å². The molecule has 0 aliphatic rings. The minimum Gasteiger partial charge on any atom is -0.307 e. The highest BCUT2D eigenvalue weighted by molar-refractivity contribution is 9.10. The molecule has 0 aliphatic carbocycles. The molecule has 1 aromatic carbocycles. The minimum absolute atomic E-state index is 0.0536. The first kappa shape index (κ1) is 14.9. The van der Waals surface area contributed by atoms with Crippen LogP contribution in [0, 0.1) is 10.1 Å². The van der Waals surface area contributed by atoms with Crippen LogP contribution in [-0.2, 0) is 4.79 Å². The summed E-state index contributed by atoms with van der Waals surface area (Å²) in [7, 11) is 0. The quantitative estimate of drug-likeness (QED) is 0.397. The number of pyridine rings is 1. The molecular weight excluding hydrogens is 338 g/mol. The fraction of sp³-hybridized carbons (Fsp3) is 0. The molecule has 21 heavy (non-hydrogen) atoms. The second kappa shape index (κ2) is 6.76. The van der Waals surface area contributed by atoms with Gasteiger partial charge in [0.25, 0.3) is 5.69 Å². The van der Waals surface area contributed by atoms with Crippen LogP contribution in [0.4, 0.5) is 11.5 Å². The van der Waals surface area contributed by atoms with E-state index in [2.05, 4.69) is 26.2 Å². The largest absolute Gasteiger partial charge is 0.307 e. The summed E-state index contributed by atoms with van der Waals surface area (Å²) in [6, 6.07) is 11.3. The van der Waals surface area contributed by atoms with Crippen molar-refractivity contribution in [2.24, 2.45) is 0 Å². The SMILES string of the molecule is O=C(/C=C/c1ccccc1[N+](=O)[O-])Nc1cccc(Br)n1. The molecule has 0 radical (unpaired) electrons. The molecule has 7 heteroatoms. The predicted octanol–water partition coefficient (Wildman–Crippen LogP) is 3.40. The van der Waals surface area contributed by atoms with Gasteiger partial charge in [0.05, 0.1) is 10.5 Å². The molecule has 2 aromatic rings. The van der Waals surface area contributed by atoms with Crippen molar-refractivity contribution in [1.29, 1.82) is 0 Å². The van der Waals surface area contributed by atoms with Crippen LogP contribution in [0.2, 0.25) is 0 Å². The van der Waals surface area contributed by atoms with Gasteiger partial charge in [0.15, 0.2) is 0 Å². The van der Waals surface area contributed by atoms with Gasteiger partial charge in [-0.15, -0.1) is 0 Å². The maximum Gasteiger partial charge on any atom is 0.276 e. The Labute approximate surface area is 128 Å². The van der Waals surface area contributed by atoms with E-state index in [1.54, 1.807) is 36.4 Å². The van der Waals surface area contributed by atoms with Crippen molar-refractivity contribution < 1.29 is 9.72 Å². The van der Waals surface area contributed by atoms with Crippen LogP contribution in [0.5, 0.6) is 0 Å². The highest BCUT2D eigenvalue weighted by atomic mass is 79.9. The number of hydrogen-bond acceptors (Lipinski definition) is 4. The van der Waals surface area contributed by atoms with Crippen LogP contribution in [0.3, 0.4) is 0 Å². The Balaban J connectivity index is 2.11. The number of carbonyl (C=O) groups excluding carboxylic acids is 1. The Bertz CT molecular complexity index is 716. The first-order valence-corrected chi connectivity index (χ1v) is 6.70. The zero-order valence-corrected chi connectivity index (χ0v) is 12.3. The number of benzene rings is 1. The third-order valence-electron chi connectivity index (χ3n) is 2.51. The molecule has 0 unspecified atom stereocenters. The van der Waals surface area contributed by atoms with Crippen molar-refractivity contribution in [1.82, 2.24) is 4.98 Å². The molecule has 0 aliphatic heterocycles. The van der Waals surface area contributed by atoms with Crippen LogP contribution in [0.1, 0.15) is 5.56 Å². The van der Waals surface area contributed by atoms with Gasteiger partial charge in [-0.1, -0.05) is 18.2 Å². The molecule has 106 valence electrons. The molecular formula is C14H10BrN3O3. The zero-order chi connectivity index (χ0) is 15.2. The van der Waals surface area contributed by atoms with E-state index in [1.807, 2.05) is 0 Å². The summed E-state index contributed by atoms with van der Waals surface area (Å²) in [6.45, 7) is 0. The average Bonchev–Trinajstić information content (AvgIpc) is 2.45. The van der Waals surface area contributed by atoms with Gasteiger partial charge >= 0.3 is 0 Å². The van der Waals surface area contributed by atoms with Crippen molar-refractivity contribution in [2.75, 3.05) is 5.32 Å². The number of nitrogens with one attached hydrogen (secondary N) is 1. The summed E-state index contributed by atoms with van der Waals surface area (Å²) < 4.78 is 0.600. The van der Waals surface area contributed by atoms with E-state index < -0.39 is 10.8 Å². The molecule has 0 saturated carbocycles. The van der Waals surface area contributed by atoms with Crippen molar-refractivity contribution in [3.05, 3.63) is 68.8 Å². The maximum absolute atomic E-state index is 11.8. The molecule has 1 N–H and O–H groups in total. The van der Waals surface area contributed by atoms with Crippen LogP contribution in [0.15, 0.2) is 53.1 Å². The Morgan fingerprint density at radius 2 is 2.00 bits per heavy atom. The van der Waals surface area contributed by atoms with Crippen molar-refractivity contribution >= 4 is 39.4 Å². The number of nitro benzene ring substituents is 1. The van der Waals surface area contributed by atoms with Gasteiger partial charge in [-0.25, -0.2) is 4.98 Å². The zero-order valence-electron chi connectivity index (χ0n) is 10.7. The molecule has 0 bridgehead atoms. The number of nitro groups is 1. The Morgan fingerprint density at radius 1 is 1.24 bits per heavy atom. The second-order valence-corrected chi connectivity index (χ2v) is 4.80. The molecule has 0 spiro atoms. The van der Waals surface area contributed by atoms with Gasteiger partial charge in [-0.3, -0.25) is 14.9 Å². The van der Waals surface area contributed by atoms with Crippen LogP contribution < -0.4 is 5.32 Å². The monoisotopic (exact) mass is 347 g/mol. The molecule has 2 rings (SSSR count). The predicted molar refractivity (Wildman–Crippen MR) is 82.7 cm³/mol. The van der Waals surface area contributed by atoms with E-state index in [4.69, 9.17) is 0 Å². The lowest BCUT2D eigenvalue weighted by molar-refractivity contribution is -0.385. The van der Waals surface area contributed by atoms with E-state index >= 15 is 0 Å². The minimum atomic E-state index is -0.493. The highest BCUT2D eigenvalue weighted by Gasteiger charge is 2.09. The lowest BCUT2D eigenvalue weighted by atomic mass is 10.1. The number of anilines is 1. The van der Waals surface area contributed by atoms with Crippen molar-refractivity contribution in [3.63, 3.8) is 0 Å². The Hall–Kier alpha value is -2.54. The molecule has 1 heterocycles. The molecule has 6 nitrogen and oxygen atoms in total. The molecule has 0 saturated heterocycles. The third-order valence-corrected chi connectivity index (χ3v) is 2.96. The summed E-state index contributed by atoms with van der Waals surface area (Å²) in [4.78, 5) is 26.2. The third kappa shape index (κ3) is 4.22. The van der Waals surface area contributed by atoms with Gasteiger partial charge in [0.1, 0.15) is 10.4 Å². The number of carbonyl (C=O) groups is 1. The summed E-state index contributed by atoms with van der Waals surface area (Å²) in [6.07, 6.45) is 2.62. The van der Waals surface area contributed by atoms with E-state index in [0.717, 1.165) is 0 Å². The molecule has 1 aromatic heterocycles. The number of amides is 1. The molecule has 0 fully saturated rings. The summed E-state index contributed by atoms with van der Waals surface area (Å²) in [5.41, 5.74) is 0.307. The number of halogens is 1. The second-order valence-electron chi connectivity index (χ2n) is 3.98. The van der Waals surface area contributed by atoms with Gasteiger partial charge in [0.2, 0.25) is 5.91 Å². The number of hydrogen-bond donors (Lipinski definition) is 1. The topological polar surface area (TPSA) is 85.1 Å². The van der Waals surface area contributed by atoms with Crippen LogP contribution in [-0.4, -0.2) is 15.8 Å². The van der Waals surface area contributed by atoms with Gasteiger partial charge < -0.3 is 5.32 Å². The van der Waals surface area contributed by atoms with E-state index in [-0.39, 0.29) is 5.69 Å². The first-order chi connectivity index (χ1) is 10.1. The lowest BCUT2D eigenvalue weighted by Gasteiger charge is -2.01. The number of aromatic nitrogens is 1. The van der Waals surface area contributed by atoms with Gasteiger partial charge in [-0.05, 0) is 40.2 Å². The molecule has 1 amide bonds. The lowest BCUT2D eigenvalue weighted by Crippen LogP contribution is -2.09. The first-order valence-electron chi connectivity index (χ1n) is 5.91. The van der Waals surface area contributed by atoms with E-state index in [1.165, 1.54) is 18.2 Å². The summed E-state index contributed by atoms with van der Waals surface area (Å²) in [5.74, 6) is -0.0275. The standard InChI is InChI=1S/C14H10BrN3O3/c15-12-6-3-7-13(16-12)17-14(19)9-8-10-4-1-2-5-11(10)18(20)21/h1-9H,(H,16,17,19)/b9-8+. The average molecular weight is 348 g/mol. The number of rotatable bonds is 4. The fourth-order valence-electron chi connectivity index (χ4n) is 1.61. The fourth-order valence-corrected chi connectivity index (χ4v) is 1.95. The number of para-hydroxylation sites is 1. The highest BCUT2D eigenvalue weighted by Crippen LogP contribution is 2.19. The normalized spacial score (nSPS) is 10.5. The van der Waals surface area contributed by atoms with Crippen molar-refractivity contribution in [3.8, 4) is 0 Å². The Kier molecular flexibility index (Phi) is 4.78. The number of nitrogens with zero attached hydrogens (tertiary/aromatic N) is 2. The van der Waals surface area contributed by atoms with Crippen LogP contribution in [0.25, 0.3) is 6.08 Å². The van der Waals surface area contributed by atoms with E-state index in [0.29, 0.717) is 16.0 Å². The van der Waals surface area contributed by atoms with Crippen molar-refractivity contribution in [2.45, 2.75) is 0 Å². The Morgan fingerprint density at radius 3 is 2.71 bits per heavy atom. The van der Waals surface area contributed by atoms with Gasteiger partial charge in [-0.2, -0.15) is 0 Å². The summed E-state index contributed by atoms with van der Waals surface area (Å²) in [5, 5.41) is 13.4. The summed E-state index contributed by atoms with van der Waals surface area (Å²) >= 11 is 3.20. The maximum atomic E-state index is 11.8. The van der Waals surface area contributed by atoms with E-state index in [9.17, 15) is 14.9 Å². The van der Waals surface area contributed by atoms with Crippen LogP contribution >= 0.6 is 15.9 Å².